The summed E-state index contributed by atoms with van der Waals surface area (Å²) in [6.45, 7) is 1.82. The van der Waals surface area contributed by atoms with E-state index in [0.717, 1.165) is 0 Å². The summed E-state index contributed by atoms with van der Waals surface area (Å²) in [6.07, 6.45) is 1.68. The van der Waals surface area contributed by atoms with Gasteiger partial charge >= 0.3 is 0 Å². The molecule has 25 heavy (non-hydrogen) atoms. The monoisotopic (exact) mass is 445 g/mol. The topological polar surface area (TPSA) is 62.7 Å². The first-order chi connectivity index (χ1) is 11.9. The number of sulfonamides is 1. The van der Waals surface area contributed by atoms with Crippen molar-refractivity contribution in [3.05, 3.63) is 46.0 Å². The summed E-state index contributed by atoms with van der Waals surface area (Å²) in [5, 5.41) is 0.567. The molecule has 2 aromatic rings. The molecule has 0 amide bonds. The number of methoxy groups -OCH3 is 1. The van der Waals surface area contributed by atoms with Crippen molar-refractivity contribution >= 4 is 43.4 Å². The van der Waals surface area contributed by atoms with Crippen LogP contribution in [0.25, 0.3) is 0 Å². The van der Waals surface area contributed by atoms with Gasteiger partial charge in [0.05, 0.1) is 21.5 Å². The van der Waals surface area contributed by atoms with Crippen molar-refractivity contribution in [2.75, 3.05) is 38.2 Å². The minimum atomic E-state index is -3.56. The van der Waals surface area contributed by atoms with Gasteiger partial charge in [0.25, 0.3) is 0 Å². The summed E-state index contributed by atoms with van der Waals surface area (Å²) in [7, 11) is -2.02. The van der Waals surface area contributed by atoms with Gasteiger partial charge in [0.2, 0.25) is 10.0 Å². The first-order valence-corrected chi connectivity index (χ1v) is 10.2. The van der Waals surface area contributed by atoms with Gasteiger partial charge in [-0.25, -0.2) is 13.4 Å². The lowest BCUT2D eigenvalue weighted by Crippen LogP contribution is -2.49. The molecule has 9 heteroatoms. The summed E-state index contributed by atoms with van der Waals surface area (Å²) in [4.78, 5) is 6.52. The Morgan fingerprint density at radius 2 is 1.92 bits per heavy atom. The van der Waals surface area contributed by atoms with E-state index < -0.39 is 10.0 Å². The summed E-state index contributed by atoms with van der Waals surface area (Å²) >= 11 is 9.51. The fourth-order valence-corrected chi connectivity index (χ4v) is 5.09. The van der Waals surface area contributed by atoms with Crippen LogP contribution in [-0.2, 0) is 10.0 Å². The van der Waals surface area contributed by atoms with Gasteiger partial charge in [0.15, 0.2) is 0 Å². The summed E-state index contributed by atoms with van der Waals surface area (Å²) in [5.41, 5.74) is 0. The quantitative estimate of drug-likeness (QED) is 0.722. The number of halogens is 2. The van der Waals surface area contributed by atoms with Gasteiger partial charge in [0, 0.05) is 32.4 Å². The van der Waals surface area contributed by atoms with E-state index >= 15 is 0 Å². The fourth-order valence-electron chi connectivity index (χ4n) is 2.71. The number of ether oxygens (including phenoxy) is 1. The fraction of sp³-hybridized carbons (Fsp3) is 0.312. The molecule has 0 bridgehead atoms. The lowest BCUT2D eigenvalue weighted by atomic mass is 10.3. The Labute approximate surface area is 160 Å². The first kappa shape index (κ1) is 18.4. The third kappa shape index (κ3) is 3.76. The Morgan fingerprint density at radius 1 is 1.20 bits per heavy atom. The highest BCUT2D eigenvalue weighted by Gasteiger charge is 2.29. The molecule has 6 nitrogen and oxygen atoms in total. The Balaban J connectivity index is 1.76. The summed E-state index contributed by atoms with van der Waals surface area (Å²) < 4.78 is 32.9. The van der Waals surface area contributed by atoms with Crippen molar-refractivity contribution in [2.45, 2.75) is 4.90 Å². The zero-order chi connectivity index (χ0) is 18.0. The van der Waals surface area contributed by atoms with Crippen molar-refractivity contribution in [1.29, 1.82) is 0 Å². The molecular formula is C16H17BrClN3O3S. The molecular weight excluding hydrogens is 430 g/mol. The molecule has 134 valence electrons. The third-order valence-corrected chi connectivity index (χ3v) is 6.85. The van der Waals surface area contributed by atoms with Crippen LogP contribution in [-0.4, -0.2) is 51.0 Å². The van der Waals surface area contributed by atoms with Crippen LogP contribution in [0.2, 0.25) is 5.02 Å². The van der Waals surface area contributed by atoms with Gasteiger partial charge in [-0.2, -0.15) is 4.31 Å². The molecule has 1 aliphatic rings. The second-order valence-electron chi connectivity index (χ2n) is 5.50. The molecule has 0 saturated carbocycles. The molecule has 3 rings (SSSR count). The normalized spacial score (nSPS) is 16.0. The second-order valence-corrected chi connectivity index (χ2v) is 8.70. The number of hydrogen-bond acceptors (Lipinski definition) is 5. The van der Waals surface area contributed by atoms with Crippen LogP contribution in [0.5, 0.6) is 5.75 Å². The number of piperazine rings is 1. The lowest BCUT2D eigenvalue weighted by Gasteiger charge is -2.35. The molecule has 0 atom stereocenters. The molecule has 1 saturated heterocycles. The number of aromatic nitrogens is 1. The van der Waals surface area contributed by atoms with E-state index in [9.17, 15) is 8.42 Å². The maximum absolute atomic E-state index is 12.9. The van der Waals surface area contributed by atoms with Crippen molar-refractivity contribution < 1.29 is 13.2 Å². The number of anilines is 1. The first-order valence-electron chi connectivity index (χ1n) is 7.62. The summed E-state index contributed by atoms with van der Waals surface area (Å²) in [5.74, 6) is 1.28. The highest BCUT2D eigenvalue weighted by atomic mass is 79.9. The van der Waals surface area contributed by atoms with Gasteiger partial charge in [-0.3, -0.25) is 0 Å². The van der Waals surface area contributed by atoms with Crippen LogP contribution >= 0.6 is 27.5 Å². The molecule has 0 aliphatic carbocycles. The van der Waals surface area contributed by atoms with Crippen LogP contribution in [0, 0.1) is 0 Å². The molecule has 0 N–H and O–H groups in total. The Bertz CT molecular complexity index is 871. The van der Waals surface area contributed by atoms with Crippen LogP contribution < -0.4 is 9.64 Å². The maximum Gasteiger partial charge on any atom is 0.243 e. The number of nitrogens with zero attached hydrogens (tertiary/aromatic N) is 3. The highest BCUT2D eigenvalue weighted by Crippen LogP contribution is 2.30. The molecule has 0 spiro atoms. The van der Waals surface area contributed by atoms with E-state index in [1.165, 1.54) is 11.4 Å². The number of rotatable bonds is 4. The van der Waals surface area contributed by atoms with E-state index in [2.05, 4.69) is 20.9 Å². The predicted octanol–water partition coefficient (Wildman–Crippen LogP) is 3.02. The summed E-state index contributed by atoms with van der Waals surface area (Å²) in [6, 6.07) is 8.31. The number of benzene rings is 1. The van der Waals surface area contributed by atoms with E-state index in [1.807, 2.05) is 4.90 Å². The van der Waals surface area contributed by atoms with Crippen molar-refractivity contribution in [3.63, 3.8) is 0 Å². The van der Waals surface area contributed by atoms with Gasteiger partial charge in [-0.15, -0.1) is 0 Å². The van der Waals surface area contributed by atoms with Gasteiger partial charge in [-0.05, 0) is 46.3 Å². The van der Waals surface area contributed by atoms with Crippen molar-refractivity contribution in [3.8, 4) is 5.75 Å². The third-order valence-electron chi connectivity index (χ3n) is 4.04. The van der Waals surface area contributed by atoms with Gasteiger partial charge in [0.1, 0.15) is 11.6 Å². The average molecular weight is 447 g/mol. The zero-order valence-corrected chi connectivity index (χ0v) is 16.7. The zero-order valence-electron chi connectivity index (χ0n) is 13.5. The van der Waals surface area contributed by atoms with Crippen LogP contribution in [0.4, 0.5) is 5.82 Å². The largest absolute Gasteiger partial charge is 0.496 e. The number of hydrogen-bond donors (Lipinski definition) is 0. The second kappa shape index (κ2) is 7.49. The Hall–Kier alpha value is -1.35. The molecule has 1 aromatic carbocycles. The molecule has 2 heterocycles. The van der Waals surface area contributed by atoms with E-state index in [-0.39, 0.29) is 4.90 Å². The maximum atomic E-state index is 12.9. The average Bonchev–Trinajstić information content (AvgIpc) is 2.62. The predicted molar refractivity (Wildman–Crippen MR) is 101 cm³/mol. The van der Waals surface area contributed by atoms with Crippen LogP contribution in [0.15, 0.2) is 45.9 Å². The molecule has 1 fully saturated rings. The van der Waals surface area contributed by atoms with E-state index in [0.29, 0.717) is 47.2 Å². The molecule has 0 unspecified atom stereocenters. The van der Waals surface area contributed by atoms with Crippen LogP contribution in [0.1, 0.15) is 0 Å². The van der Waals surface area contributed by atoms with Gasteiger partial charge < -0.3 is 9.64 Å². The van der Waals surface area contributed by atoms with Gasteiger partial charge in [-0.1, -0.05) is 11.6 Å². The lowest BCUT2D eigenvalue weighted by molar-refractivity contribution is 0.383. The standard InChI is InChI=1S/C16H17BrClN3O3S/c1-24-15-5-4-12(11-13(15)17)25(22,23)21-9-7-20(8-10-21)16-14(18)3-2-6-19-16/h2-6,11H,7-10H2,1H3. The molecule has 0 radical (unpaired) electrons. The van der Waals surface area contributed by atoms with E-state index in [4.69, 9.17) is 16.3 Å². The minimum Gasteiger partial charge on any atom is -0.496 e. The SMILES string of the molecule is COc1ccc(S(=O)(=O)N2CCN(c3ncccc3Cl)CC2)cc1Br. The van der Waals surface area contributed by atoms with E-state index in [1.54, 1.807) is 36.5 Å². The highest BCUT2D eigenvalue weighted by molar-refractivity contribution is 9.10. The number of pyridine rings is 1. The Kier molecular flexibility index (Phi) is 5.52. The smallest absolute Gasteiger partial charge is 0.243 e. The van der Waals surface area contributed by atoms with Crippen LogP contribution in [0.3, 0.4) is 0 Å². The van der Waals surface area contributed by atoms with Crippen molar-refractivity contribution in [1.82, 2.24) is 9.29 Å². The molecule has 1 aliphatic heterocycles. The molecule has 1 aromatic heterocycles. The van der Waals surface area contributed by atoms with Crippen molar-refractivity contribution in [2.24, 2.45) is 0 Å². The minimum absolute atomic E-state index is 0.240. The Morgan fingerprint density at radius 3 is 2.52 bits per heavy atom.